The molecular weight excluding hydrogens is 358 g/mol. The van der Waals surface area contributed by atoms with Gasteiger partial charge in [0, 0.05) is 21.9 Å². The van der Waals surface area contributed by atoms with Crippen molar-refractivity contribution in [2.45, 2.75) is 36.1 Å². The van der Waals surface area contributed by atoms with E-state index in [-0.39, 0.29) is 11.5 Å². The van der Waals surface area contributed by atoms with E-state index in [0.29, 0.717) is 10.5 Å². The molecule has 0 N–H and O–H groups in total. The first-order chi connectivity index (χ1) is 12.0. The van der Waals surface area contributed by atoms with Gasteiger partial charge in [-0.25, -0.2) is 9.97 Å². The molecule has 0 aliphatic heterocycles. The van der Waals surface area contributed by atoms with Crippen molar-refractivity contribution < 1.29 is 9.72 Å². The van der Waals surface area contributed by atoms with Gasteiger partial charge < -0.3 is 0 Å². The Labute approximate surface area is 151 Å². The number of rotatable bonds is 4. The van der Waals surface area contributed by atoms with Gasteiger partial charge in [-0.2, -0.15) is 0 Å². The highest BCUT2D eigenvalue weighted by Crippen LogP contribution is 2.43. The lowest BCUT2D eigenvalue weighted by molar-refractivity contribution is -0.387. The lowest BCUT2D eigenvalue weighted by Crippen LogP contribution is -1.97. The van der Waals surface area contributed by atoms with Crippen molar-refractivity contribution in [3.8, 4) is 0 Å². The first-order valence-corrected chi connectivity index (χ1v) is 9.40. The highest BCUT2D eigenvalue weighted by atomic mass is 32.2. The molecule has 1 aromatic carbocycles. The Morgan fingerprint density at radius 2 is 2.16 bits per heavy atom. The van der Waals surface area contributed by atoms with E-state index in [0.717, 1.165) is 34.5 Å². The molecule has 0 atom stereocenters. The Balaban J connectivity index is 1.82. The first-order valence-electron chi connectivity index (χ1n) is 7.77. The number of thiophene rings is 1. The summed E-state index contributed by atoms with van der Waals surface area (Å²) in [5.41, 5.74) is 1.54. The largest absolute Gasteiger partial charge is 0.295 e. The van der Waals surface area contributed by atoms with Crippen LogP contribution in [0.25, 0.3) is 10.2 Å². The topological polar surface area (TPSA) is 86.0 Å². The minimum atomic E-state index is -0.453. The van der Waals surface area contributed by atoms with Crippen molar-refractivity contribution in [2.24, 2.45) is 0 Å². The van der Waals surface area contributed by atoms with Crippen LogP contribution < -0.4 is 0 Å². The van der Waals surface area contributed by atoms with Gasteiger partial charge in [0.25, 0.3) is 5.69 Å². The summed E-state index contributed by atoms with van der Waals surface area (Å²) in [6, 6.07) is 4.58. The van der Waals surface area contributed by atoms with Crippen molar-refractivity contribution in [2.75, 3.05) is 0 Å². The lowest BCUT2D eigenvalue weighted by Gasteiger charge is -2.06. The van der Waals surface area contributed by atoms with Crippen LogP contribution in [0.2, 0.25) is 0 Å². The predicted octanol–water partition coefficient (Wildman–Crippen LogP) is 4.44. The Kier molecular flexibility index (Phi) is 4.01. The van der Waals surface area contributed by atoms with Crippen LogP contribution in [0.1, 0.15) is 34.1 Å². The third-order valence-corrected chi connectivity index (χ3v) is 6.50. The second kappa shape index (κ2) is 6.20. The fourth-order valence-electron chi connectivity index (χ4n) is 3.05. The summed E-state index contributed by atoms with van der Waals surface area (Å²) in [6.07, 6.45) is 4.70. The van der Waals surface area contributed by atoms with E-state index < -0.39 is 4.92 Å². The normalized spacial score (nSPS) is 13.2. The van der Waals surface area contributed by atoms with E-state index >= 15 is 0 Å². The molecule has 0 saturated carbocycles. The number of hydrogen-bond acceptors (Lipinski definition) is 7. The summed E-state index contributed by atoms with van der Waals surface area (Å²) in [5, 5.41) is 13.2. The van der Waals surface area contributed by atoms with E-state index in [1.54, 1.807) is 23.5 Å². The third-order valence-electron chi connectivity index (χ3n) is 4.24. The molecule has 2 heterocycles. The SMILES string of the molecule is CC(=O)c1ccc(Sc2ncnc3sc4c(c23)CCC4)c([N+](=O)[O-])c1. The smallest absolute Gasteiger partial charge is 0.284 e. The molecule has 0 fully saturated rings. The molecule has 2 aromatic heterocycles. The van der Waals surface area contributed by atoms with E-state index in [9.17, 15) is 14.9 Å². The number of aromatic nitrogens is 2. The predicted molar refractivity (Wildman–Crippen MR) is 96.7 cm³/mol. The minimum Gasteiger partial charge on any atom is -0.295 e. The van der Waals surface area contributed by atoms with Crippen LogP contribution in [0.5, 0.6) is 0 Å². The minimum absolute atomic E-state index is 0.0728. The summed E-state index contributed by atoms with van der Waals surface area (Å²) in [5.74, 6) is -0.195. The van der Waals surface area contributed by atoms with Gasteiger partial charge in [-0.05, 0) is 43.9 Å². The zero-order valence-electron chi connectivity index (χ0n) is 13.3. The van der Waals surface area contributed by atoms with Gasteiger partial charge in [-0.15, -0.1) is 11.3 Å². The monoisotopic (exact) mass is 371 g/mol. The Morgan fingerprint density at radius 3 is 2.92 bits per heavy atom. The lowest BCUT2D eigenvalue weighted by atomic mass is 10.1. The van der Waals surface area contributed by atoms with Crippen molar-refractivity contribution in [1.29, 1.82) is 0 Å². The zero-order valence-corrected chi connectivity index (χ0v) is 14.9. The van der Waals surface area contributed by atoms with Crippen LogP contribution >= 0.6 is 23.1 Å². The number of ketones is 1. The molecule has 0 unspecified atom stereocenters. The molecule has 126 valence electrons. The van der Waals surface area contributed by atoms with Crippen LogP contribution in [0.15, 0.2) is 34.4 Å². The van der Waals surface area contributed by atoms with Gasteiger partial charge >= 0.3 is 0 Å². The number of carbonyl (C=O) groups excluding carboxylic acids is 1. The molecule has 8 heteroatoms. The first kappa shape index (κ1) is 16.2. The highest BCUT2D eigenvalue weighted by Gasteiger charge is 2.24. The second-order valence-electron chi connectivity index (χ2n) is 5.81. The fraction of sp³-hybridized carbons (Fsp3) is 0.235. The summed E-state index contributed by atoms with van der Waals surface area (Å²) in [4.78, 5) is 34.0. The molecule has 1 aliphatic carbocycles. The molecule has 0 saturated heterocycles. The van der Waals surface area contributed by atoms with Gasteiger partial charge in [0.15, 0.2) is 5.78 Å². The maximum atomic E-state index is 11.5. The van der Waals surface area contributed by atoms with Crippen LogP contribution in [-0.4, -0.2) is 20.7 Å². The molecule has 0 bridgehead atoms. The second-order valence-corrected chi connectivity index (χ2v) is 7.93. The van der Waals surface area contributed by atoms with Gasteiger partial charge in [-0.3, -0.25) is 14.9 Å². The Hall–Kier alpha value is -2.32. The van der Waals surface area contributed by atoms with Gasteiger partial charge in [0.2, 0.25) is 0 Å². The van der Waals surface area contributed by atoms with Gasteiger partial charge in [0.1, 0.15) is 16.2 Å². The number of aryl methyl sites for hydroxylation is 2. The molecule has 0 spiro atoms. The molecule has 0 radical (unpaired) electrons. The molecule has 3 aromatic rings. The number of carbonyl (C=O) groups is 1. The number of nitro groups is 1. The van der Waals surface area contributed by atoms with Crippen LogP contribution in [-0.2, 0) is 12.8 Å². The van der Waals surface area contributed by atoms with E-state index in [2.05, 4.69) is 9.97 Å². The van der Waals surface area contributed by atoms with Crippen LogP contribution in [0.4, 0.5) is 5.69 Å². The Bertz CT molecular complexity index is 1030. The van der Waals surface area contributed by atoms with Crippen molar-refractivity contribution in [3.05, 3.63) is 50.6 Å². The number of fused-ring (bicyclic) bond motifs is 3. The quantitative estimate of drug-likeness (QED) is 0.292. The highest BCUT2D eigenvalue weighted by molar-refractivity contribution is 7.99. The molecular formula is C17H13N3O3S2. The zero-order chi connectivity index (χ0) is 17.6. The third kappa shape index (κ3) is 2.81. The summed E-state index contributed by atoms with van der Waals surface area (Å²) in [6.45, 7) is 1.40. The average molecular weight is 371 g/mol. The molecule has 25 heavy (non-hydrogen) atoms. The van der Waals surface area contributed by atoms with E-state index in [1.165, 1.54) is 41.5 Å². The number of hydrogen-bond donors (Lipinski definition) is 0. The summed E-state index contributed by atoms with van der Waals surface area (Å²) >= 11 is 2.95. The van der Waals surface area contributed by atoms with Gasteiger partial charge in [0.05, 0.1) is 9.82 Å². The number of nitro benzene ring substituents is 1. The van der Waals surface area contributed by atoms with Crippen molar-refractivity contribution in [1.82, 2.24) is 9.97 Å². The molecule has 6 nitrogen and oxygen atoms in total. The molecule has 0 amide bonds. The number of benzene rings is 1. The maximum absolute atomic E-state index is 11.5. The summed E-state index contributed by atoms with van der Waals surface area (Å²) < 4.78 is 0. The number of nitrogens with zero attached hydrogens (tertiary/aromatic N) is 3. The molecule has 4 rings (SSSR count). The number of Topliss-reactive ketones (excluding diaryl/α,β-unsaturated/α-hetero) is 1. The van der Waals surface area contributed by atoms with E-state index in [4.69, 9.17) is 0 Å². The maximum Gasteiger partial charge on any atom is 0.284 e. The summed E-state index contributed by atoms with van der Waals surface area (Å²) in [7, 11) is 0. The standard InChI is InChI=1S/C17H13N3O3S2/c1-9(21)10-5-6-14(12(7-10)20(22)23)25-17-15-11-3-2-4-13(11)24-16(15)18-8-19-17/h5-8H,2-4H2,1H3. The van der Waals surface area contributed by atoms with Crippen LogP contribution in [0, 0.1) is 10.1 Å². The van der Waals surface area contributed by atoms with Crippen molar-refractivity contribution in [3.63, 3.8) is 0 Å². The fourth-order valence-corrected chi connectivity index (χ4v) is 5.34. The average Bonchev–Trinajstić information content (AvgIpc) is 3.15. The van der Waals surface area contributed by atoms with Crippen molar-refractivity contribution >= 4 is 44.8 Å². The van der Waals surface area contributed by atoms with Crippen LogP contribution in [0.3, 0.4) is 0 Å². The van der Waals surface area contributed by atoms with Gasteiger partial charge in [-0.1, -0.05) is 11.8 Å². The Morgan fingerprint density at radius 1 is 1.32 bits per heavy atom. The van der Waals surface area contributed by atoms with E-state index in [1.807, 2.05) is 0 Å². The molecule has 1 aliphatic rings.